The second-order valence-corrected chi connectivity index (χ2v) is 7.67. The molecule has 1 aliphatic rings. The Balaban J connectivity index is 1.88. The number of hydrogen-bond donors (Lipinski definition) is 2. The van der Waals surface area contributed by atoms with Gasteiger partial charge >= 0.3 is 5.97 Å². The van der Waals surface area contributed by atoms with Gasteiger partial charge in [0.1, 0.15) is 0 Å². The Kier molecular flexibility index (Phi) is 6.09. The molecule has 0 bridgehead atoms. The number of anilines is 1. The van der Waals surface area contributed by atoms with Crippen molar-refractivity contribution in [2.24, 2.45) is 0 Å². The van der Waals surface area contributed by atoms with Crippen LogP contribution in [0.5, 0.6) is 5.75 Å². The van der Waals surface area contributed by atoms with Crippen molar-refractivity contribution in [2.45, 2.75) is 18.4 Å². The molecular weight excluding hydrogens is 379 g/mol. The van der Waals surface area contributed by atoms with Crippen molar-refractivity contribution in [3.8, 4) is 17.1 Å². The number of halogens is 1. The standard InChI is InChI=1S/C20H27FN4O4/c1-24(2)20(7-9-25(3)10-8-20)12-22-18-16(19(26)27)17(29-23-18)13-5-6-14(21)15(11-13)28-4/h5-6,11H,7-10,12H2,1-4H3,(H,22,23)(H,26,27). The normalized spacial score (nSPS) is 16.8. The molecule has 1 aromatic carbocycles. The summed E-state index contributed by atoms with van der Waals surface area (Å²) in [6.45, 7) is 2.46. The van der Waals surface area contributed by atoms with Crippen LogP contribution >= 0.6 is 0 Å². The number of aromatic carboxylic acids is 1. The molecule has 29 heavy (non-hydrogen) atoms. The average molecular weight is 406 g/mol. The van der Waals surface area contributed by atoms with Crippen LogP contribution in [0.1, 0.15) is 23.2 Å². The summed E-state index contributed by atoms with van der Waals surface area (Å²) in [7, 11) is 7.50. The van der Waals surface area contributed by atoms with Gasteiger partial charge in [-0.05, 0) is 65.3 Å². The molecule has 2 aromatic rings. The van der Waals surface area contributed by atoms with Crippen molar-refractivity contribution < 1.29 is 23.6 Å². The molecule has 8 nitrogen and oxygen atoms in total. The van der Waals surface area contributed by atoms with Crippen LogP contribution in [0.4, 0.5) is 10.2 Å². The van der Waals surface area contributed by atoms with E-state index in [4.69, 9.17) is 9.26 Å². The number of ether oxygens (including phenoxy) is 1. The third kappa shape index (κ3) is 4.20. The van der Waals surface area contributed by atoms with E-state index in [0.29, 0.717) is 12.1 Å². The number of carboxylic acid groups (broad SMARTS) is 1. The van der Waals surface area contributed by atoms with Gasteiger partial charge in [-0.2, -0.15) is 0 Å². The lowest BCUT2D eigenvalue weighted by Crippen LogP contribution is -2.55. The number of piperidine rings is 1. The third-order valence-corrected chi connectivity index (χ3v) is 5.77. The summed E-state index contributed by atoms with van der Waals surface area (Å²) >= 11 is 0. The minimum Gasteiger partial charge on any atom is -0.494 e. The van der Waals surface area contributed by atoms with Crippen LogP contribution in [-0.4, -0.2) is 79.5 Å². The Morgan fingerprint density at radius 2 is 2.10 bits per heavy atom. The van der Waals surface area contributed by atoms with E-state index in [1.54, 1.807) is 0 Å². The fourth-order valence-electron chi connectivity index (χ4n) is 3.67. The van der Waals surface area contributed by atoms with E-state index >= 15 is 0 Å². The van der Waals surface area contributed by atoms with E-state index in [9.17, 15) is 14.3 Å². The number of nitrogens with zero attached hydrogens (tertiary/aromatic N) is 3. The molecule has 1 saturated heterocycles. The van der Waals surface area contributed by atoms with E-state index in [-0.39, 0.29) is 28.4 Å². The van der Waals surface area contributed by atoms with Crippen molar-refractivity contribution in [3.05, 3.63) is 29.6 Å². The molecule has 0 aliphatic carbocycles. The second kappa shape index (κ2) is 8.38. The van der Waals surface area contributed by atoms with Crippen LogP contribution < -0.4 is 10.1 Å². The molecule has 0 radical (unpaired) electrons. The van der Waals surface area contributed by atoms with Crippen LogP contribution in [0, 0.1) is 5.82 Å². The molecular formula is C20H27FN4O4. The number of methoxy groups -OCH3 is 1. The zero-order valence-corrected chi connectivity index (χ0v) is 17.2. The molecule has 158 valence electrons. The Morgan fingerprint density at radius 1 is 1.41 bits per heavy atom. The number of rotatable bonds is 7. The smallest absolute Gasteiger partial charge is 0.343 e. The number of nitrogens with one attached hydrogen (secondary N) is 1. The molecule has 0 atom stereocenters. The number of likely N-dealkylation sites (N-methyl/N-ethyl adjacent to an activating group) is 1. The maximum absolute atomic E-state index is 13.7. The molecule has 0 unspecified atom stereocenters. The van der Waals surface area contributed by atoms with Gasteiger partial charge in [0.15, 0.2) is 28.7 Å². The molecule has 9 heteroatoms. The van der Waals surface area contributed by atoms with Crippen molar-refractivity contribution in [1.29, 1.82) is 0 Å². The Hall–Kier alpha value is -2.65. The highest BCUT2D eigenvalue weighted by Gasteiger charge is 2.36. The van der Waals surface area contributed by atoms with E-state index in [0.717, 1.165) is 25.9 Å². The van der Waals surface area contributed by atoms with Gasteiger partial charge in [-0.1, -0.05) is 5.16 Å². The Bertz CT molecular complexity index is 875. The average Bonchev–Trinajstić information content (AvgIpc) is 3.12. The first-order valence-electron chi connectivity index (χ1n) is 9.44. The summed E-state index contributed by atoms with van der Waals surface area (Å²) in [5.41, 5.74) is 0.184. The van der Waals surface area contributed by atoms with E-state index in [1.165, 1.54) is 25.3 Å². The molecule has 0 saturated carbocycles. The number of carbonyl (C=O) groups is 1. The first-order valence-corrected chi connectivity index (χ1v) is 9.44. The molecule has 1 aliphatic heterocycles. The third-order valence-electron chi connectivity index (χ3n) is 5.77. The maximum Gasteiger partial charge on any atom is 0.343 e. The van der Waals surface area contributed by atoms with Crippen molar-refractivity contribution in [2.75, 3.05) is 53.2 Å². The zero-order valence-electron chi connectivity index (χ0n) is 17.2. The van der Waals surface area contributed by atoms with Crippen LogP contribution in [-0.2, 0) is 0 Å². The highest BCUT2D eigenvalue weighted by Crippen LogP contribution is 2.34. The van der Waals surface area contributed by atoms with E-state index < -0.39 is 11.8 Å². The lowest BCUT2D eigenvalue weighted by Gasteiger charge is -2.45. The molecule has 3 rings (SSSR count). The van der Waals surface area contributed by atoms with Crippen LogP contribution in [0.15, 0.2) is 22.7 Å². The summed E-state index contributed by atoms with van der Waals surface area (Å²) in [6.07, 6.45) is 1.90. The lowest BCUT2D eigenvalue weighted by atomic mass is 9.86. The summed E-state index contributed by atoms with van der Waals surface area (Å²) in [5, 5.41) is 16.9. The summed E-state index contributed by atoms with van der Waals surface area (Å²) in [6, 6.07) is 4.03. The molecule has 1 fully saturated rings. The van der Waals surface area contributed by atoms with Crippen molar-refractivity contribution >= 4 is 11.8 Å². The highest BCUT2D eigenvalue weighted by molar-refractivity contribution is 5.99. The largest absolute Gasteiger partial charge is 0.494 e. The predicted molar refractivity (Wildman–Crippen MR) is 107 cm³/mol. The van der Waals surface area contributed by atoms with Crippen LogP contribution in [0.3, 0.4) is 0 Å². The summed E-state index contributed by atoms with van der Waals surface area (Å²) in [4.78, 5) is 16.4. The minimum atomic E-state index is -1.17. The van der Waals surface area contributed by atoms with Gasteiger partial charge in [-0.25, -0.2) is 9.18 Å². The van der Waals surface area contributed by atoms with Crippen molar-refractivity contribution in [1.82, 2.24) is 15.0 Å². The van der Waals surface area contributed by atoms with E-state index in [1.807, 2.05) is 14.1 Å². The van der Waals surface area contributed by atoms with Gasteiger partial charge < -0.3 is 29.5 Å². The topological polar surface area (TPSA) is 91.1 Å². The number of aromatic nitrogens is 1. The second-order valence-electron chi connectivity index (χ2n) is 7.67. The summed E-state index contributed by atoms with van der Waals surface area (Å²) in [5.74, 6) is -1.49. The van der Waals surface area contributed by atoms with Crippen LogP contribution in [0.2, 0.25) is 0 Å². The van der Waals surface area contributed by atoms with Gasteiger partial charge in [0.05, 0.1) is 7.11 Å². The van der Waals surface area contributed by atoms with Gasteiger partial charge in [-0.15, -0.1) is 0 Å². The molecule has 2 N–H and O–H groups in total. The fourth-order valence-corrected chi connectivity index (χ4v) is 3.67. The monoisotopic (exact) mass is 406 g/mol. The quantitative estimate of drug-likeness (QED) is 0.725. The number of carboxylic acids is 1. The van der Waals surface area contributed by atoms with Crippen LogP contribution in [0.25, 0.3) is 11.3 Å². The van der Waals surface area contributed by atoms with Gasteiger partial charge in [-0.3, -0.25) is 0 Å². The zero-order chi connectivity index (χ0) is 21.2. The molecule has 0 spiro atoms. The SMILES string of the molecule is COc1cc(-c2onc(NCC3(N(C)C)CCN(C)CC3)c2C(=O)O)ccc1F. The number of likely N-dealkylation sites (tertiary alicyclic amines) is 1. The number of hydrogen-bond acceptors (Lipinski definition) is 7. The predicted octanol–water partition coefficient (Wildman–Crippen LogP) is 2.63. The number of benzene rings is 1. The minimum absolute atomic E-state index is 0.00244. The summed E-state index contributed by atoms with van der Waals surface area (Å²) < 4.78 is 24.0. The highest BCUT2D eigenvalue weighted by atomic mass is 19.1. The van der Waals surface area contributed by atoms with Gasteiger partial charge in [0, 0.05) is 17.6 Å². The lowest BCUT2D eigenvalue weighted by molar-refractivity contribution is 0.0696. The maximum atomic E-state index is 13.7. The molecule has 1 aromatic heterocycles. The van der Waals surface area contributed by atoms with Crippen molar-refractivity contribution in [3.63, 3.8) is 0 Å². The van der Waals surface area contributed by atoms with Gasteiger partial charge in [0.2, 0.25) is 0 Å². The Labute approximate surface area is 169 Å². The molecule has 0 amide bonds. The first-order chi connectivity index (χ1) is 13.8. The first kappa shape index (κ1) is 21.1. The fraction of sp³-hybridized carbons (Fsp3) is 0.500. The van der Waals surface area contributed by atoms with Gasteiger partial charge in [0.25, 0.3) is 0 Å². The molecule has 2 heterocycles. The Morgan fingerprint density at radius 3 is 2.69 bits per heavy atom. The van der Waals surface area contributed by atoms with E-state index in [2.05, 4.69) is 27.3 Å².